The van der Waals surface area contributed by atoms with Crippen molar-refractivity contribution >= 4 is 25.3 Å². The number of nitrogens with zero attached hydrogens (tertiary/aromatic N) is 1. The van der Waals surface area contributed by atoms with Gasteiger partial charge in [-0.3, -0.25) is 9.36 Å². The number of piperidine rings is 1. The Labute approximate surface area is 198 Å². The Morgan fingerprint density at radius 2 is 1.81 bits per heavy atom. The van der Waals surface area contributed by atoms with Crippen molar-refractivity contribution in [2.24, 2.45) is 11.8 Å². The minimum Gasteiger partial charge on any atom is -0.465 e. The van der Waals surface area contributed by atoms with Gasteiger partial charge in [-0.05, 0) is 77.2 Å². The third kappa shape index (κ3) is 10.4. The molecule has 0 saturated carbocycles. The van der Waals surface area contributed by atoms with Gasteiger partial charge in [-0.25, -0.2) is 0 Å². The van der Waals surface area contributed by atoms with Gasteiger partial charge in [0.25, 0.3) is 0 Å². The number of ether oxygens (including phenoxy) is 1. The van der Waals surface area contributed by atoms with Crippen molar-refractivity contribution in [3.05, 3.63) is 30.3 Å². The monoisotopic (exact) mass is 485 g/mol. The molecule has 2 rings (SSSR count). The molecule has 6 nitrogen and oxygen atoms in total. The maximum Gasteiger partial charge on any atom is 0.330 e. The highest BCUT2D eigenvalue weighted by atomic mass is 32.2. The lowest BCUT2D eigenvalue weighted by molar-refractivity contribution is -0.150. The minimum atomic E-state index is -3.06. The van der Waals surface area contributed by atoms with E-state index < -0.39 is 7.60 Å². The second kappa shape index (κ2) is 15.1. The predicted molar refractivity (Wildman–Crippen MR) is 131 cm³/mol. The van der Waals surface area contributed by atoms with Crippen LogP contribution >= 0.6 is 19.4 Å². The zero-order valence-electron chi connectivity index (χ0n) is 19.9. The Morgan fingerprint density at radius 3 is 2.44 bits per heavy atom. The van der Waals surface area contributed by atoms with E-state index in [1.165, 1.54) is 11.3 Å². The van der Waals surface area contributed by atoms with Gasteiger partial charge < -0.3 is 18.7 Å². The molecule has 1 aromatic rings. The molecule has 0 aliphatic carbocycles. The van der Waals surface area contributed by atoms with Crippen LogP contribution in [-0.2, 0) is 23.1 Å². The molecule has 1 atom stereocenters. The molecule has 1 heterocycles. The SMILES string of the molecule is CCOP(=O)(CCCOC(=O)C1CCN(CC[C@@H](C)CSc2ccccc2)CC1)OCC. The maximum absolute atomic E-state index is 12.4. The summed E-state index contributed by atoms with van der Waals surface area (Å²) in [4.78, 5) is 16.2. The van der Waals surface area contributed by atoms with E-state index in [-0.39, 0.29) is 24.7 Å². The molecular weight excluding hydrogens is 445 g/mol. The van der Waals surface area contributed by atoms with Gasteiger partial charge >= 0.3 is 13.6 Å². The average molecular weight is 486 g/mol. The Balaban J connectivity index is 1.57. The third-order valence-corrected chi connectivity index (χ3v) is 9.12. The first-order chi connectivity index (χ1) is 15.5. The Bertz CT molecular complexity index is 687. The highest BCUT2D eigenvalue weighted by molar-refractivity contribution is 7.99. The molecule has 32 heavy (non-hydrogen) atoms. The average Bonchev–Trinajstić information content (AvgIpc) is 2.80. The largest absolute Gasteiger partial charge is 0.465 e. The third-order valence-electron chi connectivity index (χ3n) is 5.61. The van der Waals surface area contributed by atoms with E-state index in [1.54, 1.807) is 13.8 Å². The number of esters is 1. The minimum absolute atomic E-state index is 0.0251. The highest BCUT2D eigenvalue weighted by Gasteiger charge is 2.27. The van der Waals surface area contributed by atoms with Gasteiger partial charge in [0.2, 0.25) is 0 Å². The lowest BCUT2D eigenvalue weighted by Crippen LogP contribution is -2.38. The number of hydrogen-bond donors (Lipinski definition) is 0. The van der Waals surface area contributed by atoms with Crippen LogP contribution in [0.5, 0.6) is 0 Å². The zero-order chi connectivity index (χ0) is 23.2. The van der Waals surface area contributed by atoms with Crippen LogP contribution in [0.4, 0.5) is 0 Å². The summed E-state index contributed by atoms with van der Waals surface area (Å²) in [6.45, 7) is 9.84. The first kappa shape index (κ1) is 27.4. The van der Waals surface area contributed by atoms with Crippen LogP contribution in [-0.4, -0.2) is 62.2 Å². The maximum atomic E-state index is 12.4. The van der Waals surface area contributed by atoms with Crippen LogP contribution in [0.1, 0.15) is 46.5 Å². The normalized spacial score (nSPS) is 16.7. The number of rotatable bonds is 15. The number of thioether (sulfide) groups is 1. The molecular formula is C24H40NO5PS. The van der Waals surface area contributed by atoms with Gasteiger partial charge in [0.15, 0.2) is 0 Å². The lowest BCUT2D eigenvalue weighted by Gasteiger charge is -2.31. The second-order valence-corrected chi connectivity index (χ2v) is 11.6. The van der Waals surface area contributed by atoms with E-state index in [0.29, 0.717) is 25.6 Å². The summed E-state index contributed by atoms with van der Waals surface area (Å²) in [5.74, 6) is 1.64. The van der Waals surface area contributed by atoms with Gasteiger partial charge in [-0.1, -0.05) is 25.1 Å². The molecule has 0 N–H and O–H groups in total. The number of carbonyl (C=O) groups excluding carboxylic acids is 1. The smallest absolute Gasteiger partial charge is 0.330 e. The van der Waals surface area contributed by atoms with E-state index in [2.05, 4.69) is 42.2 Å². The van der Waals surface area contributed by atoms with Crippen LogP contribution in [0.25, 0.3) is 0 Å². The topological polar surface area (TPSA) is 65.1 Å². The first-order valence-corrected chi connectivity index (χ1v) is 14.6. The molecule has 1 fully saturated rings. The molecule has 182 valence electrons. The molecule has 1 saturated heterocycles. The first-order valence-electron chi connectivity index (χ1n) is 11.9. The highest BCUT2D eigenvalue weighted by Crippen LogP contribution is 2.48. The lowest BCUT2D eigenvalue weighted by atomic mass is 9.96. The zero-order valence-corrected chi connectivity index (χ0v) is 21.6. The molecule has 0 aromatic heterocycles. The number of benzene rings is 1. The molecule has 1 aromatic carbocycles. The summed E-state index contributed by atoms with van der Waals surface area (Å²) in [7, 11) is -3.06. The van der Waals surface area contributed by atoms with Crippen molar-refractivity contribution < 1.29 is 23.1 Å². The van der Waals surface area contributed by atoms with Crippen molar-refractivity contribution in [2.45, 2.75) is 51.3 Å². The standard InChI is InChI=1S/C24H40NO5PS/c1-4-29-31(27,30-5-2)19-9-18-28-24(26)22-13-16-25(17-14-22)15-12-21(3)20-32-23-10-7-6-8-11-23/h6-8,10-11,21-22H,4-5,9,12-20H2,1-3H3/t21-/m1/s1. The molecule has 0 unspecified atom stereocenters. The van der Waals surface area contributed by atoms with Gasteiger partial charge in [-0.2, -0.15) is 0 Å². The molecule has 1 aliphatic heterocycles. The van der Waals surface area contributed by atoms with Gasteiger partial charge in [0.05, 0.1) is 31.9 Å². The molecule has 0 spiro atoms. The Kier molecular flexibility index (Phi) is 13.0. The van der Waals surface area contributed by atoms with Crippen LogP contribution in [0.3, 0.4) is 0 Å². The fourth-order valence-electron chi connectivity index (χ4n) is 3.74. The van der Waals surface area contributed by atoms with Crippen molar-refractivity contribution in [2.75, 3.05) is 51.4 Å². The van der Waals surface area contributed by atoms with Crippen LogP contribution in [0.2, 0.25) is 0 Å². The summed E-state index contributed by atoms with van der Waals surface area (Å²) >= 11 is 1.92. The molecule has 0 bridgehead atoms. The quantitative estimate of drug-likeness (QED) is 0.136. The van der Waals surface area contributed by atoms with E-state index in [9.17, 15) is 9.36 Å². The van der Waals surface area contributed by atoms with Gasteiger partial charge in [-0.15, -0.1) is 11.8 Å². The number of hydrogen-bond acceptors (Lipinski definition) is 7. The van der Waals surface area contributed by atoms with Crippen LogP contribution < -0.4 is 0 Å². The number of likely N-dealkylation sites (tertiary alicyclic amines) is 1. The van der Waals surface area contributed by atoms with E-state index in [0.717, 1.165) is 38.2 Å². The van der Waals surface area contributed by atoms with Crippen molar-refractivity contribution in [1.29, 1.82) is 0 Å². The molecule has 0 radical (unpaired) electrons. The number of carbonyl (C=O) groups is 1. The van der Waals surface area contributed by atoms with E-state index >= 15 is 0 Å². The summed E-state index contributed by atoms with van der Waals surface area (Å²) in [6, 6.07) is 10.6. The fraction of sp³-hybridized carbons (Fsp3) is 0.708. The van der Waals surface area contributed by atoms with E-state index in [4.69, 9.17) is 13.8 Å². The molecule has 8 heteroatoms. The second-order valence-electron chi connectivity index (χ2n) is 8.32. The van der Waals surface area contributed by atoms with Crippen molar-refractivity contribution in [1.82, 2.24) is 4.90 Å². The van der Waals surface area contributed by atoms with Gasteiger partial charge in [0, 0.05) is 10.6 Å². The van der Waals surface area contributed by atoms with Gasteiger partial charge in [0.1, 0.15) is 0 Å². The van der Waals surface area contributed by atoms with Crippen molar-refractivity contribution in [3.63, 3.8) is 0 Å². The van der Waals surface area contributed by atoms with Crippen LogP contribution in [0, 0.1) is 11.8 Å². The summed E-state index contributed by atoms with van der Waals surface area (Å²) in [5, 5.41) is 0. The van der Waals surface area contributed by atoms with Crippen LogP contribution in [0.15, 0.2) is 35.2 Å². The predicted octanol–water partition coefficient (Wildman–Crippen LogP) is 5.72. The summed E-state index contributed by atoms with van der Waals surface area (Å²) < 4.78 is 28.4. The molecule has 1 aliphatic rings. The Morgan fingerprint density at radius 1 is 1.16 bits per heavy atom. The summed E-state index contributed by atoms with van der Waals surface area (Å²) in [6.07, 6.45) is 3.64. The fourth-order valence-corrected chi connectivity index (χ4v) is 6.37. The summed E-state index contributed by atoms with van der Waals surface area (Å²) in [5.41, 5.74) is 0. The van der Waals surface area contributed by atoms with E-state index in [1.807, 2.05) is 11.8 Å². The molecule has 0 amide bonds. The Hall–Kier alpha value is -0.850. The van der Waals surface area contributed by atoms with Crippen molar-refractivity contribution in [3.8, 4) is 0 Å².